The molecule has 4 rings (SSSR count). The molecule has 0 aliphatic heterocycles. The average molecular weight is 354 g/mol. The van der Waals surface area contributed by atoms with Gasteiger partial charge in [-0.15, -0.1) is 0 Å². The van der Waals surface area contributed by atoms with Crippen molar-refractivity contribution >= 4 is 11.6 Å². The van der Waals surface area contributed by atoms with E-state index < -0.39 is 23.4 Å². The van der Waals surface area contributed by atoms with Gasteiger partial charge in [0, 0.05) is 10.8 Å². The minimum Gasteiger partial charge on any atom is -0.388 e. The lowest BCUT2D eigenvalue weighted by molar-refractivity contribution is -0.155. The van der Waals surface area contributed by atoms with Gasteiger partial charge < -0.3 is 10.2 Å². The Hall–Kier alpha value is -1.78. The van der Waals surface area contributed by atoms with Gasteiger partial charge in [0.25, 0.3) is 0 Å². The van der Waals surface area contributed by atoms with Crippen molar-refractivity contribution in [3.63, 3.8) is 0 Å². The molecule has 0 radical (unpaired) electrons. The van der Waals surface area contributed by atoms with E-state index in [1.165, 1.54) is 11.1 Å². The van der Waals surface area contributed by atoms with E-state index in [0.29, 0.717) is 12.8 Å². The third-order valence-corrected chi connectivity index (χ3v) is 7.47. The maximum absolute atomic E-state index is 12.5. The quantitative estimate of drug-likeness (QED) is 0.800. The van der Waals surface area contributed by atoms with E-state index in [-0.39, 0.29) is 17.1 Å². The Bertz CT molecular complexity index is 842. The number of aliphatic hydroxyl groups is 2. The lowest BCUT2D eigenvalue weighted by Crippen LogP contribution is -2.55. The molecule has 0 aromatic heterocycles. The van der Waals surface area contributed by atoms with Crippen molar-refractivity contribution in [3.8, 4) is 0 Å². The summed E-state index contributed by atoms with van der Waals surface area (Å²) < 4.78 is 0. The monoisotopic (exact) mass is 354 g/mol. The second-order valence-corrected chi connectivity index (χ2v) is 8.67. The van der Waals surface area contributed by atoms with Crippen LogP contribution < -0.4 is 0 Å². The number of hydrogen-bond acceptors (Lipinski definition) is 4. The Morgan fingerprint density at radius 2 is 2.04 bits per heavy atom. The first kappa shape index (κ1) is 17.6. The SMILES string of the molecule is C[C@@H]1CC2=C3CCC4=CC(=O)C=C[C@]4(C)C3=CC[C@]2(C)[C@@]1(O)C(=O)CO. The molecule has 4 aliphatic rings. The molecule has 0 saturated heterocycles. The zero-order valence-electron chi connectivity index (χ0n) is 15.6. The number of fused-ring (bicyclic) bond motifs is 4. The second-order valence-electron chi connectivity index (χ2n) is 8.67. The smallest absolute Gasteiger partial charge is 0.190 e. The van der Waals surface area contributed by atoms with Gasteiger partial charge >= 0.3 is 0 Å². The van der Waals surface area contributed by atoms with Crippen LogP contribution in [0.4, 0.5) is 0 Å². The fourth-order valence-corrected chi connectivity index (χ4v) is 5.87. The summed E-state index contributed by atoms with van der Waals surface area (Å²) in [7, 11) is 0. The minimum atomic E-state index is -1.53. The van der Waals surface area contributed by atoms with Crippen molar-refractivity contribution in [2.75, 3.05) is 6.61 Å². The van der Waals surface area contributed by atoms with Crippen LogP contribution in [-0.4, -0.2) is 34.0 Å². The first-order chi connectivity index (χ1) is 12.2. The van der Waals surface area contributed by atoms with Crippen LogP contribution in [0.3, 0.4) is 0 Å². The van der Waals surface area contributed by atoms with Gasteiger partial charge in [0.05, 0.1) is 0 Å². The maximum atomic E-state index is 12.5. The van der Waals surface area contributed by atoms with Gasteiger partial charge in [0.2, 0.25) is 0 Å². The molecule has 0 aromatic rings. The van der Waals surface area contributed by atoms with Gasteiger partial charge in [0.15, 0.2) is 11.6 Å². The number of rotatable bonds is 2. The Balaban J connectivity index is 1.85. The normalized spacial score (nSPS) is 41.3. The zero-order valence-corrected chi connectivity index (χ0v) is 15.6. The molecule has 2 saturated carbocycles. The van der Waals surface area contributed by atoms with Crippen molar-refractivity contribution < 1.29 is 19.8 Å². The van der Waals surface area contributed by atoms with Crippen LogP contribution in [0.25, 0.3) is 0 Å². The first-order valence-electron chi connectivity index (χ1n) is 9.43. The number of allylic oxidation sites excluding steroid dienone is 7. The molecule has 2 N–H and O–H groups in total. The Labute approximate surface area is 154 Å². The van der Waals surface area contributed by atoms with E-state index in [4.69, 9.17) is 0 Å². The Kier molecular flexibility index (Phi) is 3.64. The summed E-state index contributed by atoms with van der Waals surface area (Å²) in [6.45, 7) is 5.39. The highest BCUT2D eigenvalue weighted by Crippen LogP contribution is 2.63. The second kappa shape index (κ2) is 5.37. The molecule has 2 fully saturated rings. The Morgan fingerprint density at radius 3 is 2.73 bits per heavy atom. The number of hydrogen-bond donors (Lipinski definition) is 2. The number of Topliss-reactive ketones (excluding diaryl/α,β-unsaturated/α-hetero) is 1. The molecule has 4 aliphatic carbocycles. The van der Waals surface area contributed by atoms with Crippen LogP contribution >= 0.6 is 0 Å². The third kappa shape index (κ3) is 1.92. The molecule has 4 heteroatoms. The summed E-state index contributed by atoms with van der Waals surface area (Å²) in [5.41, 5.74) is 2.30. The summed E-state index contributed by atoms with van der Waals surface area (Å²) in [5.74, 6) is -0.659. The molecule has 0 spiro atoms. The summed E-state index contributed by atoms with van der Waals surface area (Å²) >= 11 is 0. The van der Waals surface area contributed by atoms with E-state index in [1.54, 1.807) is 12.2 Å². The highest BCUT2D eigenvalue weighted by Gasteiger charge is 2.63. The summed E-state index contributed by atoms with van der Waals surface area (Å²) in [5, 5.41) is 20.8. The van der Waals surface area contributed by atoms with Crippen LogP contribution in [0.15, 0.2) is 46.6 Å². The molecule has 0 amide bonds. The number of aliphatic hydroxyl groups excluding tert-OH is 1. The molecule has 0 heterocycles. The summed E-state index contributed by atoms with van der Waals surface area (Å²) in [4.78, 5) is 24.3. The maximum Gasteiger partial charge on any atom is 0.190 e. The van der Waals surface area contributed by atoms with Gasteiger partial charge in [0.1, 0.15) is 12.2 Å². The summed E-state index contributed by atoms with van der Waals surface area (Å²) in [6, 6.07) is 0. The largest absolute Gasteiger partial charge is 0.388 e. The van der Waals surface area contributed by atoms with Crippen molar-refractivity contribution in [1.82, 2.24) is 0 Å². The molecule has 0 bridgehead atoms. The zero-order chi connectivity index (χ0) is 18.9. The minimum absolute atomic E-state index is 0.0484. The van der Waals surface area contributed by atoms with Crippen molar-refractivity contribution in [2.45, 2.75) is 52.1 Å². The molecule has 4 atom stereocenters. The van der Waals surface area contributed by atoms with Crippen molar-refractivity contribution in [2.24, 2.45) is 16.7 Å². The van der Waals surface area contributed by atoms with E-state index >= 15 is 0 Å². The van der Waals surface area contributed by atoms with Gasteiger partial charge in [-0.25, -0.2) is 0 Å². The number of ketones is 2. The van der Waals surface area contributed by atoms with Crippen LogP contribution in [-0.2, 0) is 9.59 Å². The number of carbonyl (C=O) groups excluding carboxylic acids is 2. The summed E-state index contributed by atoms with van der Waals surface area (Å²) in [6.07, 6.45) is 10.5. The van der Waals surface area contributed by atoms with Crippen LogP contribution in [0.2, 0.25) is 0 Å². The topological polar surface area (TPSA) is 74.6 Å². The van der Waals surface area contributed by atoms with E-state index in [2.05, 4.69) is 13.0 Å². The fraction of sp³-hybridized carbons (Fsp3) is 0.545. The number of carbonyl (C=O) groups is 2. The third-order valence-electron chi connectivity index (χ3n) is 7.47. The fourth-order valence-electron chi connectivity index (χ4n) is 5.87. The van der Waals surface area contributed by atoms with Crippen LogP contribution in [0.5, 0.6) is 0 Å². The van der Waals surface area contributed by atoms with Gasteiger partial charge in [-0.2, -0.15) is 0 Å². The van der Waals surface area contributed by atoms with E-state index in [0.717, 1.165) is 24.0 Å². The molecule has 4 nitrogen and oxygen atoms in total. The lowest BCUT2D eigenvalue weighted by atomic mass is 9.57. The van der Waals surface area contributed by atoms with Crippen LogP contribution in [0, 0.1) is 16.7 Å². The predicted octanol–water partition coefficient (Wildman–Crippen LogP) is 2.82. The Morgan fingerprint density at radius 1 is 1.31 bits per heavy atom. The average Bonchev–Trinajstić information content (AvgIpc) is 2.83. The van der Waals surface area contributed by atoms with Crippen LogP contribution in [0.1, 0.15) is 46.5 Å². The predicted molar refractivity (Wildman–Crippen MR) is 98.2 cm³/mol. The molecule has 0 unspecified atom stereocenters. The molecule has 0 aromatic carbocycles. The molecule has 138 valence electrons. The van der Waals surface area contributed by atoms with E-state index in [1.807, 2.05) is 19.9 Å². The molecule has 26 heavy (non-hydrogen) atoms. The van der Waals surface area contributed by atoms with Gasteiger partial charge in [-0.05, 0) is 61.8 Å². The first-order valence-corrected chi connectivity index (χ1v) is 9.43. The highest BCUT2D eigenvalue weighted by molar-refractivity contribution is 6.01. The van der Waals surface area contributed by atoms with Gasteiger partial charge in [-0.1, -0.05) is 37.1 Å². The molecular weight excluding hydrogens is 328 g/mol. The van der Waals surface area contributed by atoms with Crippen molar-refractivity contribution in [1.29, 1.82) is 0 Å². The standard InChI is InChI=1S/C22H26O4/c1-13-10-18-16-5-4-14-11-15(24)6-8-20(14,2)17(16)7-9-21(18,3)22(13,26)19(25)12-23/h6-8,11,13,23,26H,4-5,9-10,12H2,1-3H3/t13-,20+,21+,22+/m1/s1. The lowest BCUT2D eigenvalue weighted by Gasteiger charge is -2.48. The van der Waals surface area contributed by atoms with Crippen molar-refractivity contribution in [3.05, 3.63) is 46.6 Å². The highest BCUT2D eigenvalue weighted by atomic mass is 16.3. The van der Waals surface area contributed by atoms with E-state index in [9.17, 15) is 19.8 Å². The molecular formula is C22H26O4. The van der Waals surface area contributed by atoms with Gasteiger partial charge in [-0.3, -0.25) is 9.59 Å².